The zero-order valence-corrected chi connectivity index (χ0v) is 16.4. The molecule has 0 unspecified atom stereocenters. The number of hydrogen-bond acceptors (Lipinski definition) is 4. The summed E-state index contributed by atoms with van der Waals surface area (Å²) in [5.41, 5.74) is 1.72. The number of phenolic OH excluding ortho intramolecular Hbond substituents is 1. The predicted octanol–water partition coefficient (Wildman–Crippen LogP) is 3.95. The largest absolute Gasteiger partial charge is 0.507 e. The van der Waals surface area contributed by atoms with Crippen LogP contribution in [0.1, 0.15) is 11.1 Å². The summed E-state index contributed by atoms with van der Waals surface area (Å²) in [6.45, 7) is 0.575. The normalized spacial score (nSPS) is 11.2. The number of carbonyl (C=O) groups is 1. The van der Waals surface area contributed by atoms with Crippen molar-refractivity contribution in [2.75, 3.05) is 6.54 Å². The van der Waals surface area contributed by atoms with Crippen molar-refractivity contribution >= 4 is 15.9 Å². The van der Waals surface area contributed by atoms with Gasteiger partial charge < -0.3 is 15.1 Å². The molecule has 0 bridgehead atoms. The highest BCUT2D eigenvalue weighted by Crippen LogP contribution is 2.28. The van der Waals surface area contributed by atoms with Crippen LogP contribution in [0.3, 0.4) is 0 Å². The van der Waals surface area contributed by atoms with Crippen LogP contribution < -0.4 is 0 Å². The van der Waals surface area contributed by atoms with Crippen LogP contribution in [0.2, 0.25) is 0 Å². The van der Waals surface area contributed by atoms with E-state index in [1.165, 1.54) is 29.2 Å². The molecule has 0 radical (unpaired) electrons. The van der Waals surface area contributed by atoms with E-state index in [-0.39, 0.29) is 28.6 Å². The van der Waals surface area contributed by atoms with Gasteiger partial charge in [-0.05, 0) is 41.8 Å². The first kappa shape index (κ1) is 20.4. The average molecular weight is 411 g/mol. The zero-order chi connectivity index (χ0) is 20.9. The molecule has 0 fully saturated rings. The van der Waals surface area contributed by atoms with Crippen molar-refractivity contribution in [3.8, 4) is 5.75 Å². The number of para-hydroxylation sites is 1. The lowest BCUT2D eigenvalue weighted by Crippen LogP contribution is -2.30. The first-order valence-electron chi connectivity index (χ1n) is 9.02. The second-order valence-electron chi connectivity index (χ2n) is 6.55. The van der Waals surface area contributed by atoms with Gasteiger partial charge >= 0.3 is 6.09 Å². The molecule has 0 spiro atoms. The van der Waals surface area contributed by atoms with Gasteiger partial charge in [0.25, 0.3) is 0 Å². The number of nitrogens with zero attached hydrogens (tertiary/aromatic N) is 1. The van der Waals surface area contributed by atoms with E-state index in [4.69, 9.17) is 0 Å². The van der Waals surface area contributed by atoms with Gasteiger partial charge in [-0.15, -0.1) is 0 Å². The van der Waals surface area contributed by atoms with E-state index in [1.807, 2.05) is 30.3 Å². The summed E-state index contributed by atoms with van der Waals surface area (Å²) in [6, 6.07) is 21.4. The SMILES string of the molecule is O=C(O)N(CCc1ccc(S(=O)(=O)c2ccccc2O)cc1)Cc1ccccc1. The van der Waals surface area contributed by atoms with Crippen LogP contribution in [-0.2, 0) is 22.8 Å². The van der Waals surface area contributed by atoms with Crippen LogP contribution in [0.25, 0.3) is 0 Å². The van der Waals surface area contributed by atoms with Crippen molar-refractivity contribution in [2.45, 2.75) is 22.8 Å². The van der Waals surface area contributed by atoms with E-state index in [1.54, 1.807) is 24.3 Å². The summed E-state index contributed by atoms with van der Waals surface area (Å²) < 4.78 is 25.4. The standard InChI is InChI=1S/C22H21NO5S/c24-20-8-4-5-9-21(20)29(27,28)19-12-10-17(11-13-19)14-15-23(22(25)26)16-18-6-2-1-3-7-18/h1-13,24H,14-16H2,(H,25,26). The maximum absolute atomic E-state index is 12.7. The minimum Gasteiger partial charge on any atom is -0.507 e. The predicted molar refractivity (Wildman–Crippen MR) is 109 cm³/mol. The third-order valence-corrected chi connectivity index (χ3v) is 6.36. The molecule has 1 amide bonds. The van der Waals surface area contributed by atoms with Crippen LogP contribution in [-0.4, -0.2) is 36.2 Å². The van der Waals surface area contributed by atoms with E-state index in [0.717, 1.165) is 11.1 Å². The molecule has 6 nitrogen and oxygen atoms in total. The summed E-state index contributed by atoms with van der Waals surface area (Å²) >= 11 is 0. The fourth-order valence-corrected chi connectivity index (χ4v) is 4.31. The van der Waals surface area contributed by atoms with E-state index < -0.39 is 15.9 Å². The number of rotatable bonds is 7. The Kier molecular flexibility index (Phi) is 6.19. The van der Waals surface area contributed by atoms with Gasteiger partial charge in [0.1, 0.15) is 10.6 Å². The highest BCUT2D eigenvalue weighted by atomic mass is 32.2. The average Bonchev–Trinajstić information content (AvgIpc) is 2.72. The molecule has 150 valence electrons. The van der Waals surface area contributed by atoms with E-state index >= 15 is 0 Å². The van der Waals surface area contributed by atoms with Crippen molar-refractivity contribution in [2.24, 2.45) is 0 Å². The summed E-state index contributed by atoms with van der Waals surface area (Å²) in [4.78, 5) is 12.8. The van der Waals surface area contributed by atoms with Gasteiger partial charge in [-0.3, -0.25) is 0 Å². The molecule has 3 aromatic rings. The van der Waals surface area contributed by atoms with Crippen molar-refractivity contribution in [1.82, 2.24) is 4.90 Å². The molecule has 0 saturated carbocycles. The lowest BCUT2D eigenvalue weighted by molar-refractivity contribution is 0.143. The van der Waals surface area contributed by atoms with E-state index in [2.05, 4.69) is 0 Å². The maximum Gasteiger partial charge on any atom is 0.407 e. The second-order valence-corrected chi connectivity index (χ2v) is 8.47. The van der Waals surface area contributed by atoms with Crippen molar-refractivity contribution in [3.05, 3.63) is 90.0 Å². The Morgan fingerprint density at radius 1 is 0.828 bits per heavy atom. The summed E-state index contributed by atoms with van der Waals surface area (Å²) in [5.74, 6) is -0.297. The Bertz CT molecular complexity index is 1080. The lowest BCUT2D eigenvalue weighted by Gasteiger charge is -2.19. The number of carboxylic acid groups (broad SMARTS) is 1. The number of sulfone groups is 1. The molecule has 0 aromatic heterocycles. The number of hydrogen-bond donors (Lipinski definition) is 2. The van der Waals surface area contributed by atoms with Crippen LogP contribution in [0, 0.1) is 0 Å². The summed E-state index contributed by atoms with van der Waals surface area (Å²) in [5, 5.41) is 19.3. The highest BCUT2D eigenvalue weighted by molar-refractivity contribution is 7.91. The van der Waals surface area contributed by atoms with Crippen molar-refractivity contribution in [1.29, 1.82) is 0 Å². The Balaban J connectivity index is 1.70. The Morgan fingerprint density at radius 3 is 2.07 bits per heavy atom. The van der Waals surface area contributed by atoms with Crippen LogP contribution in [0.15, 0.2) is 88.7 Å². The van der Waals surface area contributed by atoms with E-state index in [9.17, 15) is 23.4 Å². The molecule has 3 rings (SSSR count). The Hall–Kier alpha value is -3.32. The Morgan fingerprint density at radius 2 is 1.45 bits per heavy atom. The maximum atomic E-state index is 12.7. The molecule has 0 heterocycles. The molecule has 0 aliphatic rings. The Labute approximate surface area is 169 Å². The molecule has 2 N–H and O–H groups in total. The van der Waals surface area contributed by atoms with Gasteiger partial charge in [0, 0.05) is 13.1 Å². The lowest BCUT2D eigenvalue weighted by atomic mass is 10.1. The fourth-order valence-electron chi connectivity index (χ4n) is 2.96. The number of phenols is 1. The third-order valence-electron chi connectivity index (χ3n) is 4.55. The molecule has 3 aromatic carbocycles. The molecule has 0 aliphatic heterocycles. The fraction of sp³-hybridized carbons (Fsp3) is 0.136. The molecule has 7 heteroatoms. The first-order chi connectivity index (χ1) is 13.9. The topological polar surface area (TPSA) is 94.9 Å². The van der Waals surface area contributed by atoms with Gasteiger partial charge in [0.05, 0.1) is 4.90 Å². The van der Waals surface area contributed by atoms with E-state index in [0.29, 0.717) is 6.42 Å². The second kappa shape index (κ2) is 8.79. The van der Waals surface area contributed by atoms with Gasteiger partial charge in [-0.2, -0.15) is 0 Å². The van der Waals surface area contributed by atoms with Crippen LogP contribution in [0.5, 0.6) is 5.75 Å². The molecule has 0 saturated heterocycles. The molecule has 29 heavy (non-hydrogen) atoms. The minimum absolute atomic E-state index is 0.0714. The van der Waals surface area contributed by atoms with Gasteiger partial charge in [-0.1, -0.05) is 54.6 Å². The third kappa shape index (κ3) is 4.94. The first-order valence-corrected chi connectivity index (χ1v) is 10.5. The zero-order valence-electron chi connectivity index (χ0n) is 15.6. The smallest absolute Gasteiger partial charge is 0.407 e. The quantitative estimate of drug-likeness (QED) is 0.614. The van der Waals surface area contributed by atoms with Crippen molar-refractivity contribution < 1.29 is 23.4 Å². The van der Waals surface area contributed by atoms with Crippen LogP contribution in [0.4, 0.5) is 4.79 Å². The number of amides is 1. The van der Waals surface area contributed by atoms with Gasteiger partial charge in [0.15, 0.2) is 0 Å². The minimum atomic E-state index is -3.83. The number of aromatic hydroxyl groups is 1. The monoisotopic (exact) mass is 411 g/mol. The molecule has 0 atom stereocenters. The van der Waals surface area contributed by atoms with Gasteiger partial charge in [0.2, 0.25) is 9.84 Å². The molecular formula is C22H21NO5S. The van der Waals surface area contributed by atoms with Crippen LogP contribution >= 0.6 is 0 Å². The van der Waals surface area contributed by atoms with Crippen molar-refractivity contribution in [3.63, 3.8) is 0 Å². The summed E-state index contributed by atoms with van der Waals surface area (Å²) in [7, 11) is -3.83. The molecular weight excluding hydrogens is 390 g/mol. The highest BCUT2D eigenvalue weighted by Gasteiger charge is 2.21. The number of benzene rings is 3. The molecule has 0 aliphatic carbocycles. The summed E-state index contributed by atoms with van der Waals surface area (Å²) in [6.07, 6.45) is -0.552. The van der Waals surface area contributed by atoms with Gasteiger partial charge in [-0.25, -0.2) is 13.2 Å².